The maximum absolute atomic E-state index is 12.4. The summed E-state index contributed by atoms with van der Waals surface area (Å²) in [6, 6.07) is 10.7. The Morgan fingerprint density at radius 2 is 2.00 bits per heavy atom. The van der Waals surface area contributed by atoms with Crippen LogP contribution in [0.2, 0.25) is 0 Å². The molecule has 2 heterocycles. The van der Waals surface area contributed by atoms with E-state index in [2.05, 4.69) is 47.5 Å². The summed E-state index contributed by atoms with van der Waals surface area (Å²) in [7, 11) is 0. The molecule has 5 nitrogen and oxygen atoms in total. The lowest BCUT2D eigenvalue weighted by molar-refractivity contribution is 0.0319. The zero-order chi connectivity index (χ0) is 17.5. The molecular formula is C20H31N3O2. The number of rotatable bonds is 6. The number of nitrogens with zero attached hydrogens (tertiary/aromatic N) is 2. The van der Waals surface area contributed by atoms with Crippen molar-refractivity contribution in [3.63, 3.8) is 0 Å². The van der Waals surface area contributed by atoms with Crippen LogP contribution in [-0.4, -0.2) is 68.3 Å². The third-order valence-corrected chi connectivity index (χ3v) is 5.22. The minimum atomic E-state index is 0.101. The smallest absolute Gasteiger partial charge is 0.317 e. The maximum Gasteiger partial charge on any atom is 0.317 e. The van der Waals surface area contributed by atoms with Crippen molar-refractivity contribution in [3.05, 3.63) is 35.9 Å². The highest BCUT2D eigenvalue weighted by Gasteiger charge is 2.26. The van der Waals surface area contributed by atoms with Gasteiger partial charge < -0.3 is 15.0 Å². The Morgan fingerprint density at radius 1 is 1.24 bits per heavy atom. The van der Waals surface area contributed by atoms with Gasteiger partial charge in [0.05, 0.1) is 13.2 Å². The molecule has 0 radical (unpaired) electrons. The van der Waals surface area contributed by atoms with Gasteiger partial charge in [0, 0.05) is 39.3 Å². The molecule has 2 aliphatic rings. The average Bonchev–Trinajstić information content (AvgIpc) is 3.10. The molecule has 1 N–H and O–H groups in total. The fourth-order valence-electron chi connectivity index (χ4n) is 3.79. The van der Waals surface area contributed by atoms with Gasteiger partial charge >= 0.3 is 6.03 Å². The zero-order valence-corrected chi connectivity index (χ0v) is 15.3. The standard InChI is InChI=1S/C20H31N3O2/c1-17(15-22-9-11-25-12-10-22)14-21-20(24)23-8-7-19(16-23)13-18-5-3-2-4-6-18/h2-6,17,19H,7-16H2,1H3,(H,21,24)/t17-,19+/m0/s1. The number of carbonyl (C=O) groups is 1. The lowest BCUT2D eigenvalue weighted by Crippen LogP contribution is -2.44. The normalized spacial score (nSPS) is 22.8. The van der Waals surface area contributed by atoms with E-state index < -0.39 is 0 Å². The molecule has 0 aromatic heterocycles. The molecule has 0 aliphatic carbocycles. The summed E-state index contributed by atoms with van der Waals surface area (Å²) in [6.07, 6.45) is 2.17. The van der Waals surface area contributed by atoms with E-state index in [9.17, 15) is 4.79 Å². The molecule has 25 heavy (non-hydrogen) atoms. The number of ether oxygens (including phenoxy) is 1. The maximum atomic E-state index is 12.4. The van der Waals surface area contributed by atoms with Crippen LogP contribution in [0, 0.1) is 11.8 Å². The van der Waals surface area contributed by atoms with Crippen LogP contribution in [0.5, 0.6) is 0 Å². The Labute approximate surface area is 151 Å². The molecule has 3 rings (SSSR count). The Morgan fingerprint density at radius 3 is 2.76 bits per heavy atom. The van der Waals surface area contributed by atoms with Gasteiger partial charge in [0.15, 0.2) is 0 Å². The van der Waals surface area contributed by atoms with Crippen LogP contribution < -0.4 is 5.32 Å². The van der Waals surface area contributed by atoms with Crippen molar-refractivity contribution in [2.24, 2.45) is 11.8 Å². The fraction of sp³-hybridized carbons (Fsp3) is 0.650. The SMILES string of the molecule is C[C@@H](CNC(=O)N1CC[C@H](Cc2ccccc2)C1)CN1CCOCC1. The summed E-state index contributed by atoms with van der Waals surface area (Å²) < 4.78 is 5.38. The quantitative estimate of drug-likeness (QED) is 0.860. The molecule has 1 aromatic carbocycles. The van der Waals surface area contributed by atoms with Gasteiger partial charge in [-0.25, -0.2) is 4.79 Å². The minimum absolute atomic E-state index is 0.101. The van der Waals surface area contributed by atoms with E-state index in [1.54, 1.807) is 0 Å². The third kappa shape index (κ3) is 5.72. The lowest BCUT2D eigenvalue weighted by atomic mass is 9.99. The Kier molecular flexibility index (Phi) is 6.70. The monoisotopic (exact) mass is 345 g/mol. The molecule has 0 unspecified atom stereocenters. The fourth-order valence-corrected chi connectivity index (χ4v) is 3.79. The molecule has 2 saturated heterocycles. The average molecular weight is 345 g/mol. The molecule has 2 atom stereocenters. The Balaban J connectivity index is 1.35. The second-order valence-electron chi connectivity index (χ2n) is 7.49. The van der Waals surface area contributed by atoms with Crippen LogP contribution in [0.3, 0.4) is 0 Å². The first-order valence-electron chi connectivity index (χ1n) is 9.57. The van der Waals surface area contributed by atoms with Crippen molar-refractivity contribution in [1.29, 1.82) is 0 Å². The highest BCUT2D eigenvalue weighted by molar-refractivity contribution is 5.74. The number of morpholine rings is 1. The van der Waals surface area contributed by atoms with Gasteiger partial charge in [-0.1, -0.05) is 37.3 Å². The molecule has 0 bridgehead atoms. The van der Waals surface area contributed by atoms with Gasteiger partial charge in [-0.05, 0) is 30.2 Å². The number of likely N-dealkylation sites (tertiary alicyclic amines) is 1. The summed E-state index contributed by atoms with van der Waals surface area (Å²) in [5, 5.41) is 3.13. The van der Waals surface area contributed by atoms with E-state index in [1.165, 1.54) is 5.56 Å². The summed E-state index contributed by atoms with van der Waals surface area (Å²) >= 11 is 0. The topological polar surface area (TPSA) is 44.8 Å². The number of carbonyl (C=O) groups excluding carboxylic acids is 1. The zero-order valence-electron chi connectivity index (χ0n) is 15.3. The number of benzene rings is 1. The number of hydrogen-bond donors (Lipinski definition) is 1. The molecule has 138 valence electrons. The second kappa shape index (κ2) is 9.20. The first-order chi connectivity index (χ1) is 12.2. The van der Waals surface area contributed by atoms with E-state index >= 15 is 0 Å². The third-order valence-electron chi connectivity index (χ3n) is 5.22. The Bertz CT molecular complexity index is 531. The first kappa shape index (κ1) is 18.2. The molecule has 5 heteroatoms. The summed E-state index contributed by atoms with van der Waals surface area (Å²) in [5.41, 5.74) is 1.37. The Hall–Kier alpha value is -1.59. The first-order valence-corrected chi connectivity index (χ1v) is 9.57. The van der Waals surface area contributed by atoms with Crippen LogP contribution in [0.1, 0.15) is 18.9 Å². The molecular weight excluding hydrogens is 314 g/mol. The van der Waals surface area contributed by atoms with Crippen molar-refractivity contribution >= 4 is 6.03 Å². The highest BCUT2D eigenvalue weighted by Crippen LogP contribution is 2.20. The summed E-state index contributed by atoms with van der Waals surface area (Å²) in [6.45, 7) is 9.40. The number of urea groups is 1. The van der Waals surface area contributed by atoms with Gasteiger partial charge in [0.2, 0.25) is 0 Å². The van der Waals surface area contributed by atoms with E-state index in [4.69, 9.17) is 4.74 Å². The van der Waals surface area contributed by atoms with Gasteiger partial charge in [0.1, 0.15) is 0 Å². The molecule has 2 amide bonds. The van der Waals surface area contributed by atoms with Crippen LogP contribution in [0.4, 0.5) is 4.79 Å². The second-order valence-corrected chi connectivity index (χ2v) is 7.49. The van der Waals surface area contributed by atoms with Crippen molar-refractivity contribution in [2.45, 2.75) is 19.8 Å². The molecule has 0 spiro atoms. The van der Waals surface area contributed by atoms with Crippen molar-refractivity contribution in [3.8, 4) is 0 Å². The van der Waals surface area contributed by atoms with E-state index in [-0.39, 0.29) is 6.03 Å². The molecule has 0 saturated carbocycles. The predicted octanol–water partition coefficient (Wildman–Crippen LogP) is 2.23. The highest BCUT2D eigenvalue weighted by atomic mass is 16.5. The van der Waals surface area contributed by atoms with Crippen LogP contribution in [0.15, 0.2) is 30.3 Å². The largest absolute Gasteiger partial charge is 0.379 e. The number of amides is 2. The number of nitrogens with one attached hydrogen (secondary N) is 1. The van der Waals surface area contributed by atoms with Crippen LogP contribution in [0.25, 0.3) is 0 Å². The predicted molar refractivity (Wildman–Crippen MR) is 99.6 cm³/mol. The molecule has 2 aliphatic heterocycles. The van der Waals surface area contributed by atoms with Gasteiger partial charge in [-0.15, -0.1) is 0 Å². The molecule has 1 aromatic rings. The van der Waals surface area contributed by atoms with Gasteiger partial charge in [-0.3, -0.25) is 4.90 Å². The van der Waals surface area contributed by atoms with Crippen molar-refractivity contribution < 1.29 is 9.53 Å². The van der Waals surface area contributed by atoms with Gasteiger partial charge in [0.25, 0.3) is 0 Å². The summed E-state index contributed by atoms with van der Waals surface area (Å²) in [5.74, 6) is 1.05. The van der Waals surface area contributed by atoms with Crippen LogP contribution in [-0.2, 0) is 11.2 Å². The lowest BCUT2D eigenvalue weighted by Gasteiger charge is -2.29. The van der Waals surface area contributed by atoms with Gasteiger partial charge in [-0.2, -0.15) is 0 Å². The van der Waals surface area contributed by atoms with E-state index in [1.807, 2.05) is 4.90 Å². The van der Waals surface area contributed by atoms with Crippen LogP contribution >= 0.6 is 0 Å². The van der Waals surface area contributed by atoms with Crippen molar-refractivity contribution in [1.82, 2.24) is 15.1 Å². The number of hydrogen-bond acceptors (Lipinski definition) is 3. The summed E-state index contributed by atoms with van der Waals surface area (Å²) in [4.78, 5) is 16.8. The minimum Gasteiger partial charge on any atom is -0.379 e. The van der Waals surface area contributed by atoms with Crippen molar-refractivity contribution in [2.75, 3.05) is 52.5 Å². The van der Waals surface area contributed by atoms with E-state index in [0.717, 1.165) is 65.3 Å². The van der Waals surface area contributed by atoms with E-state index in [0.29, 0.717) is 11.8 Å². The molecule has 2 fully saturated rings.